The van der Waals surface area contributed by atoms with E-state index in [1.165, 1.54) is 41.2 Å². The van der Waals surface area contributed by atoms with Crippen LogP contribution < -0.4 is 40.8 Å². The lowest BCUT2D eigenvalue weighted by molar-refractivity contribution is 0.0397. The molecule has 3 amide bonds. The molecule has 3 aromatic heterocycles. The zero-order chi connectivity index (χ0) is 84.2. The van der Waals surface area contributed by atoms with E-state index in [2.05, 4.69) is 6.07 Å². The lowest BCUT2D eigenvalue weighted by Gasteiger charge is -2.50. The van der Waals surface area contributed by atoms with Crippen molar-refractivity contribution in [2.24, 2.45) is 17.8 Å². The number of aromatic nitrogens is 3. The molecule has 6 aliphatic heterocycles. The number of halogens is 6. The van der Waals surface area contributed by atoms with E-state index in [-0.39, 0.29) is 114 Å². The van der Waals surface area contributed by atoms with Crippen LogP contribution >= 0.6 is 0 Å². The van der Waals surface area contributed by atoms with E-state index >= 15 is 13.2 Å². The number of fused-ring (bicyclic) bond motifs is 18. The third-order valence-corrected chi connectivity index (χ3v) is 26.7. The van der Waals surface area contributed by atoms with Crippen LogP contribution in [0.5, 0.6) is 17.2 Å². The summed E-state index contributed by atoms with van der Waals surface area (Å²) in [4.78, 5) is 86.3. The third-order valence-electron chi connectivity index (χ3n) is 26.7. The number of carbonyl (C=O) groups excluding carboxylic acids is 3. The number of aromatic hydroxyl groups is 1. The minimum absolute atomic E-state index is 0. The van der Waals surface area contributed by atoms with Crippen LogP contribution in [0.2, 0.25) is 0 Å². The average molecular weight is 1680 g/mol. The van der Waals surface area contributed by atoms with E-state index in [4.69, 9.17) is 23.7 Å². The molecule has 3 unspecified atom stereocenters. The van der Waals surface area contributed by atoms with Gasteiger partial charge in [0, 0.05) is 119 Å². The molecule has 9 aromatic rings. The van der Waals surface area contributed by atoms with Gasteiger partial charge in [-0.2, -0.15) is 0 Å². The first kappa shape index (κ1) is 82.0. The van der Waals surface area contributed by atoms with Gasteiger partial charge in [-0.15, -0.1) is 0 Å². The molecule has 6 aromatic carbocycles. The minimum Gasteiger partial charge on any atom is -0.502 e. The minimum atomic E-state index is -1.06. The summed E-state index contributed by atoms with van der Waals surface area (Å²) in [7, 11) is 0. The summed E-state index contributed by atoms with van der Waals surface area (Å²) in [5, 5.41) is 16.8. The number of nitrogens with zero attached hydrogens (tertiary/aromatic N) is 9. The first-order valence-corrected chi connectivity index (χ1v) is 42.3. The highest BCUT2D eigenvalue weighted by atomic mass is 19.2. The summed E-state index contributed by atoms with van der Waals surface area (Å²) < 4.78 is 123. The first-order valence-electron chi connectivity index (χ1n) is 42.3. The van der Waals surface area contributed by atoms with E-state index < -0.39 is 68.6 Å². The van der Waals surface area contributed by atoms with E-state index in [1.54, 1.807) is 66.8 Å². The monoisotopic (exact) mass is 1680 g/mol. The Labute approximate surface area is 706 Å². The fourth-order valence-electron chi connectivity index (χ4n) is 20.9. The Morgan fingerprint density at radius 1 is 0.407 bits per heavy atom. The third kappa shape index (κ3) is 13.1. The molecule has 3 saturated heterocycles. The molecule has 12 aliphatic rings. The van der Waals surface area contributed by atoms with Crippen molar-refractivity contribution in [3.05, 3.63) is 312 Å². The Balaban J connectivity index is 0.000000125. The predicted molar refractivity (Wildman–Crippen MR) is 450 cm³/mol. The van der Waals surface area contributed by atoms with Crippen molar-refractivity contribution in [1.82, 2.24) is 28.7 Å². The van der Waals surface area contributed by atoms with Crippen molar-refractivity contribution in [1.29, 1.82) is 0 Å². The number of hydrogen-bond acceptors (Lipinski definition) is 15. The number of pyridine rings is 3. The predicted octanol–water partition coefficient (Wildman–Crippen LogP) is 14.1. The van der Waals surface area contributed by atoms with Gasteiger partial charge in [0.1, 0.15) is 36.6 Å². The number of hydrogen-bond donors (Lipinski definition) is 1. The molecule has 27 heteroatoms. The quantitative estimate of drug-likeness (QED) is 0.0665. The molecule has 1 N–H and O–H groups in total. The smallest absolute Gasteiger partial charge is 0.277 e. The lowest BCUT2D eigenvalue weighted by Crippen LogP contribution is -2.63. The molecule has 0 saturated carbocycles. The Kier molecular flexibility index (Phi) is 21.8. The largest absolute Gasteiger partial charge is 0.502 e. The number of unbranched alkanes of at least 4 members (excludes halogenated alkanes) is 2. The van der Waals surface area contributed by atoms with Gasteiger partial charge < -0.3 is 43.5 Å². The molecule has 9 heterocycles. The number of benzene rings is 6. The molecule has 6 aliphatic carbocycles. The van der Waals surface area contributed by atoms with Crippen molar-refractivity contribution in [3.8, 4) is 17.2 Å². The normalized spacial score (nSPS) is 21.3. The zero-order valence-electron chi connectivity index (χ0n) is 67.6. The molecule has 3 fully saturated rings. The maximum absolute atomic E-state index is 15.4. The van der Waals surface area contributed by atoms with Gasteiger partial charge in [0.05, 0.1) is 13.2 Å². The van der Waals surface area contributed by atoms with E-state index in [9.17, 15) is 47.0 Å². The maximum atomic E-state index is 15.4. The van der Waals surface area contributed by atoms with Gasteiger partial charge in [0.25, 0.3) is 17.7 Å². The second-order valence-corrected chi connectivity index (χ2v) is 33.5. The van der Waals surface area contributed by atoms with Gasteiger partial charge in [-0.05, 0) is 179 Å². The van der Waals surface area contributed by atoms with E-state index in [1.807, 2.05) is 102 Å². The number of carbonyl (C=O) groups is 3. The second kappa shape index (κ2) is 32.7. The zero-order valence-corrected chi connectivity index (χ0v) is 67.6. The highest BCUT2D eigenvalue weighted by Crippen LogP contribution is 2.60. The van der Waals surface area contributed by atoms with Crippen LogP contribution in [0.4, 0.5) is 26.3 Å². The molecule has 3 atom stereocenters. The Morgan fingerprint density at radius 3 is 1.21 bits per heavy atom. The van der Waals surface area contributed by atoms with Crippen LogP contribution in [0.3, 0.4) is 0 Å². The first-order chi connectivity index (χ1) is 59.3. The molecular formula is C96H95F6N9O12. The summed E-state index contributed by atoms with van der Waals surface area (Å²) in [6.45, 7) is 10.3. The molecule has 21 nitrogen and oxygen atoms in total. The number of amides is 3. The van der Waals surface area contributed by atoms with Gasteiger partial charge in [0.15, 0.2) is 69.2 Å². The lowest BCUT2D eigenvalue weighted by atomic mass is 9.83. The van der Waals surface area contributed by atoms with Crippen LogP contribution in [0, 0.1) is 52.7 Å². The van der Waals surface area contributed by atoms with Gasteiger partial charge in [-0.25, -0.2) is 26.3 Å². The summed E-state index contributed by atoms with van der Waals surface area (Å²) in [6, 6.07) is 36.2. The van der Waals surface area contributed by atoms with Crippen LogP contribution in [0.15, 0.2) is 177 Å². The summed E-state index contributed by atoms with van der Waals surface area (Å²) in [5.41, 5.74) is 6.68. The molecule has 0 bridgehead atoms. The van der Waals surface area contributed by atoms with Gasteiger partial charge in [0.2, 0.25) is 16.3 Å². The molecule has 21 rings (SSSR count). The fraction of sp³-hybridized carbons (Fsp3) is 0.375. The standard InChI is InChI=1S/2C33H33F2N3O4.C29H25F2N3O4.CH4/c2*1-2-3-14-42-31-28(39)10-13-37-30(31)32(40)36(19-21-11-15-41-16-12-21)20-38(37)33-23(17-22-6-4-5-7-25(22)33)18-24-26(33)8-9-27(34)29(24)35;30-23-6-5-22-20(25(23)31)14-19-13-18-3-1-2-4-21(18)29(19,22)34-16-32(15-17-8-11-38-12-9-17)28(37)26-27(36)24(35)7-10-33(26)34;/h4-10,13,18,21H,2-3,11-12,14-17,19-20H2,1H3;4-10,13,17,21H,2-3,11-12,14-16,18-20H2,1H3;1-7,10,14,17,36H,8-9,11-13,15-16H2;1H4. The van der Waals surface area contributed by atoms with Gasteiger partial charge >= 0.3 is 0 Å². The van der Waals surface area contributed by atoms with Crippen molar-refractivity contribution in [3.63, 3.8) is 0 Å². The number of rotatable bonds is 17. The molecule has 123 heavy (non-hydrogen) atoms. The Hall–Kier alpha value is -11.9. The van der Waals surface area contributed by atoms with Crippen molar-refractivity contribution in [2.45, 2.75) is 121 Å². The molecular weight excluding hydrogens is 1590 g/mol. The Bertz CT molecular complexity index is 5950. The van der Waals surface area contributed by atoms with Crippen LogP contribution in [-0.2, 0) is 50.1 Å². The highest BCUT2D eigenvalue weighted by molar-refractivity contribution is 5.99. The van der Waals surface area contributed by atoms with Crippen LogP contribution in [-0.4, -0.2) is 144 Å². The summed E-state index contributed by atoms with van der Waals surface area (Å²) >= 11 is 0. The topological polar surface area (TPSA) is 203 Å². The van der Waals surface area contributed by atoms with Crippen molar-refractivity contribution in [2.75, 3.05) is 108 Å². The summed E-state index contributed by atoms with van der Waals surface area (Å²) in [6.07, 6.45) is 19.6. The molecule has 0 spiro atoms. The number of ether oxygens (including phenoxy) is 5. The maximum Gasteiger partial charge on any atom is 0.277 e. The van der Waals surface area contributed by atoms with Crippen molar-refractivity contribution >= 4 is 35.9 Å². The summed E-state index contributed by atoms with van der Waals surface area (Å²) in [5.74, 6) is -6.29. The Morgan fingerprint density at radius 2 is 0.772 bits per heavy atom. The van der Waals surface area contributed by atoms with Crippen LogP contribution in [0.25, 0.3) is 18.2 Å². The second-order valence-electron chi connectivity index (χ2n) is 33.5. The van der Waals surface area contributed by atoms with Gasteiger partial charge in [-0.1, -0.05) is 131 Å². The average Bonchev–Trinajstić information content (AvgIpc) is 1.53. The van der Waals surface area contributed by atoms with E-state index in [0.29, 0.717) is 108 Å². The van der Waals surface area contributed by atoms with Crippen molar-refractivity contribution < 1.29 is 69.5 Å². The fourth-order valence-corrected chi connectivity index (χ4v) is 20.9. The van der Waals surface area contributed by atoms with E-state index in [0.717, 1.165) is 120 Å². The van der Waals surface area contributed by atoms with Gasteiger partial charge in [-0.3, -0.25) is 57.8 Å². The highest BCUT2D eigenvalue weighted by Gasteiger charge is 2.60. The van der Waals surface area contributed by atoms with Crippen LogP contribution in [0.1, 0.15) is 184 Å². The SMILES string of the molecule is C.CCCCOc1c2n(ccc1=O)N(C13C(=Cc4c1ccc(F)c4F)Cc1ccccc13)CN(CC1CCOCC1)C2=O.CCCCOc1c2n(ccc1=O)N(C13C(=Cc4ccccc41)Cc1c3ccc(F)c1F)CN(CC1CCOCC1)C2=O.O=C1c2c(O)c(=O)ccn2N(C23C(=Cc4c2ccc(F)c4F)Cc2ccccc23)CN1CC1CCOCC1. The molecule has 638 valence electrons. The molecule has 0 radical (unpaired) electrons.